The van der Waals surface area contributed by atoms with Crippen LogP contribution in [-0.2, 0) is 5.60 Å². The van der Waals surface area contributed by atoms with E-state index in [9.17, 15) is 5.11 Å². The zero-order valence-electron chi connectivity index (χ0n) is 14.9. The molecule has 3 rings (SSSR count). The smallest absolute Gasteiger partial charge is 0.116 e. The van der Waals surface area contributed by atoms with Gasteiger partial charge in [0.25, 0.3) is 0 Å². The third-order valence-electron chi connectivity index (χ3n) is 5.82. The molecular weight excluding hydrogens is 294 g/mol. The molecule has 2 nitrogen and oxygen atoms in total. The van der Waals surface area contributed by atoms with E-state index in [1.165, 1.54) is 19.3 Å². The van der Waals surface area contributed by atoms with Crippen molar-refractivity contribution in [3.8, 4) is 0 Å². The largest absolute Gasteiger partial charge is 0.380 e. The van der Waals surface area contributed by atoms with Crippen molar-refractivity contribution in [1.82, 2.24) is 4.90 Å². The third kappa shape index (κ3) is 3.26. The van der Waals surface area contributed by atoms with E-state index < -0.39 is 5.60 Å². The summed E-state index contributed by atoms with van der Waals surface area (Å²) in [4.78, 5) is 2.35. The second-order valence-corrected chi connectivity index (χ2v) is 7.45. The lowest BCUT2D eigenvalue weighted by molar-refractivity contribution is -0.0150. The number of hydrogen-bond acceptors (Lipinski definition) is 2. The second-order valence-electron chi connectivity index (χ2n) is 7.45. The first kappa shape index (κ1) is 17.2. The molecule has 0 saturated heterocycles. The minimum atomic E-state index is -0.954. The number of nitrogens with zero attached hydrogens (tertiary/aromatic N) is 1. The number of aliphatic hydroxyl groups is 1. The van der Waals surface area contributed by atoms with Gasteiger partial charge in [-0.05, 0) is 38.1 Å². The number of hydrogen-bond donors (Lipinski definition) is 1. The van der Waals surface area contributed by atoms with Crippen LogP contribution in [0.1, 0.15) is 49.7 Å². The van der Waals surface area contributed by atoms with Crippen LogP contribution >= 0.6 is 0 Å². The van der Waals surface area contributed by atoms with Crippen molar-refractivity contribution in [2.24, 2.45) is 0 Å². The highest BCUT2D eigenvalue weighted by atomic mass is 16.3. The fourth-order valence-corrected chi connectivity index (χ4v) is 4.27. The van der Waals surface area contributed by atoms with Gasteiger partial charge in [0.2, 0.25) is 0 Å². The molecule has 0 aromatic heterocycles. The molecular formula is C22H29NO. The standard InChI is InChI=1S/C22H29NO/c1-23(2)21(16-10-5-11-17-21)18-22(24,19-12-6-3-7-13-19)20-14-8-4-9-15-20/h3-4,6-9,12-15,24H,5,10-11,16-18H2,1-2H3. The molecule has 2 aromatic carbocycles. The van der Waals surface area contributed by atoms with Crippen LogP contribution < -0.4 is 0 Å². The first-order chi connectivity index (χ1) is 11.6. The zero-order valence-corrected chi connectivity index (χ0v) is 14.9. The van der Waals surface area contributed by atoms with Crippen LogP contribution in [0.2, 0.25) is 0 Å². The van der Waals surface area contributed by atoms with Gasteiger partial charge in [-0.3, -0.25) is 0 Å². The molecule has 0 bridgehead atoms. The molecule has 0 radical (unpaired) electrons. The minimum Gasteiger partial charge on any atom is -0.380 e. The normalized spacial score (nSPS) is 17.8. The summed E-state index contributed by atoms with van der Waals surface area (Å²) < 4.78 is 0. The molecule has 0 heterocycles. The maximum atomic E-state index is 11.9. The van der Waals surface area contributed by atoms with Crippen LogP contribution in [-0.4, -0.2) is 29.6 Å². The highest BCUT2D eigenvalue weighted by molar-refractivity contribution is 5.36. The van der Waals surface area contributed by atoms with Gasteiger partial charge in [0.05, 0.1) is 0 Å². The summed E-state index contributed by atoms with van der Waals surface area (Å²) in [6.45, 7) is 0. The van der Waals surface area contributed by atoms with Crippen molar-refractivity contribution >= 4 is 0 Å². The molecule has 0 spiro atoms. The van der Waals surface area contributed by atoms with Crippen molar-refractivity contribution < 1.29 is 5.11 Å². The Bertz CT molecular complexity index is 590. The maximum absolute atomic E-state index is 11.9. The Morgan fingerprint density at radius 3 is 1.71 bits per heavy atom. The van der Waals surface area contributed by atoms with Gasteiger partial charge in [-0.15, -0.1) is 0 Å². The van der Waals surface area contributed by atoms with Gasteiger partial charge >= 0.3 is 0 Å². The molecule has 128 valence electrons. The van der Waals surface area contributed by atoms with Gasteiger partial charge in [-0.2, -0.15) is 0 Å². The fourth-order valence-electron chi connectivity index (χ4n) is 4.27. The van der Waals surface area contributed by atoms with E-state index in [0.29, 0.717) is 0 Å². The molecule has 1 saturated carbocycles. The summed E-state index contributed by atoms with van der Waals surface area (Å²) in [5, 5.41) is 11.9. The molecule has 0 aliphatic heterocycles. The molecule has 0 amide bonds. The lowest BCUT2D eigenvalue weighted by Gasteiger charge is -2.48. The van der Waals surface area contributed by atoms with E-state index in [0.717, 1.165) is 30.4 Å². The van der Waals surface area contributed by atoms with Crippen LogP contribution in [0.3, 0.4) is 0 Å². The van der Waals surface area contributed by atoms with Crippen LogP contribution in [0.5, 0.6) is 0 Å². The van der Waals surface area contributed by atoms with Gasteiger partial charge in [0, 0.05) is 12.0 Å². The summed E-state index contributed by atoms with van der Waals surface area (Å²) in [5.41, 5.74) is 1.08. The van der Waals surface area contributed by atoms with Crippen LogP contribution in [0.25, 0.3) is 0 Å². The minimum absolute atomic E-state index is 0.0542. The van der Waals surface area contributed by atoms with Gasteiger partial charge in [-0.1, -0.05) is 79.9 Å². The molecule has 2 aromatic rings. The van der Waals surface area contributed by atoms with E-state index in [-0.39, 0.29) is 5.54 Å². The average Bonchev–Trinajstić information content (AvgIpc) is 2.64. The summed E-state index contributed by atoms with van der Waals surface area (Å²) >= 11 is 0. The topological polar surface area (TPSA) is 23.5 Å². The van der Waals surface area contributed by atoms with Gasteiger partial charge in [0.1, 0.15) is 5.60 Å². The monoisotopic (exact) mass is 323 g/mol. The van der Waals surface area contributed by atoms with Gasteiger partial charge in [0.15, 0.2) is 0 Å². The van der Waals surface area contributed by atoms with Gasteiger partial charge in [-0.25, -0.2) is 0 Å². The van der Waals surface area contributed by atoms with Crippen molar-refractivity contribution in [3.05, 3.63) is 71.8 Å². The number of benzene rings is 2. The molecule has 24 heavy (non-hydrogen) atoms. The Balaban J connectivity index is 2.05. The lowest BCUT2D eigenvalue weighted by Crippen LogP contribution is -2.51. The highest BCUT2D eigenvalue weighted by Gasteiger charge is 2.44. The van der Waals surface area contributed by atoms with Gasteiger partial charge < -0.3 is 10.0 Å². The van der Waals surface area contributed by atoms with E-state index in [1.54, 1.807) is 0 Å². The van der Waals surface area contributed by atoms with E-state index >= 15 is 0 Å². The van der Waals surface area contributed by atoms with Crippen molar-refractivity contribution in [3.63, 3.8) is 0 Å². The maximum Gasteiger partial charge on any atom is 0.116 e. The van der Waals surface area contributed by atoms with E-state index in [4.69, 9.17) is 0 Å². The SMILES string of the molecule is CN(C)C1(CC(O)(c2ccccc2)c2ccccc2)CCCCC1. The van der Waals surface area contributed by atoms with E-state index in [1.807, 2.05) is 36.4 Å². The molecule has 0 unspecified atom stereocenters. The predicted octanol–water partition coefficient (Wildman–Crippen LogP) is 4.58. The van der Waals surface area contributed by atoms with Crippen LogP contribution in [0, 0.1) is 0 Å². The summed E-state index contributed by atoms with van der Waals surface area (Å²) in [5.74, 6) is 0. The van der Waals surface area contributed by atoms with Crippen molar-refractivity contribution in [2.45, 2.75) is 49.7 Å². The second kappa shape index (κ2) is 7.08. The Hall–Kier alpha value is -1.64. The fraction of sp³-hybridized carbons (Fsp3) is 0.455. The number of rotatable bonds is 5. The molecule has 2 heteroatoms. The predicted molar refractivity (Wildman–Crippen MR) is 100 cm³/mol. The Morgan fingerprint density at radius 2 is 1.29 bits per heavy atom. The Morgan fingerprint density at radius 1 is 0.833 bits per heavy atom. The molecule has 1 aliphatic rings. The summed E-state index contributed by atoms with van der Waals surface area (Å²) in [6, 6.07) is 20.3. The molecule has 1 fully saturated rings. The Labute approximate surface area is 146 Å². The quantitative estimate of drug-likeness (QED) is 0.871. The lowest BCUT2D eigenvalue weighted by atomic mass is 9.69. The molecule has 1 N–H and O–H groups in total. The summed E-state index contributed by atoms with van der Waals surface area (Å²) in [6.07, 6.45) is 6.85. The first-order valence-corrected chi connectivity index (χ1v) is 9.08. The van der Waals surface area contributed by atoms with Crippen LogP contribution in [0.4, 0.5) is 0 Å². The molecule has 0 atom stereocenters. The molecule has 1 aliphatic carbocycles. The highest BCUT2D eigenvalue weighted by Crippen LogP contribution is 2.44. The van der Waals surface area contributed by atoms with Crippen LogP contribution in [0.15, 0.2) is 60.7 Å². The average molecular weight is 323 g/mol. The third-order valence-corrected chi connectivity index (χ3v) is 5.82. The summed E-state index contributed by atoms with van der Waals surface area (Å²) in [7, 11) is 4.34. The zero-order chi connectivity index (χ0) is 17.0. The first-order valence-electron chi connectivity index (χ1n) is 9.08. The van der Waals surface area contributed by atoms with Crippen molar-refractivity contribution in [2.75, 3.05) is 14.1 Å². The van der Waals surface area contributed by atoms with E-state index in [2.05, 4.69) is 43.3 Å². The Kier molecular flexibility index (Phi) is 5.07. The van der Waals surface area contributed by atoms with Crippen molar-refractivity contribution in [1.29, 1.82) is 0 Å².